The summed E-state index contributed by atoms with van der Waals surface area (Å²) in [6.45, 7) is 0.506. The Morgan fingerprint density at radius 3 is 2.10 bits per heavy atom. The molecule has 0 heterocycles. The maximum atomic E-state index is 11.4. The van der Waals surface area contributed by atoms with E-state index in [1.165, 1.54) is 14.1 Å². The van der Waals surface area contributed by atoms with E-state index >= 15 is 0 Å². The molecular formula is C13H25N3O5. The average Bonchev–Trinajstić information content (AvgIpc) is 2.50. The molecule has 0 radical (unpaired) electrons. The molecule has 1 atom stereocenters. The second-order valence-electron chi connectivity index (χ2n) is 4.47. The molecule has 0 spiro atoms. The zero-order chi connectivity index (χ0) is 16.1. The van der Waals surface area contributed by atoms with E-state index < -0.39 is 12.2 Å². The van der Waals surface area contributed by atoms with Gasteiger partial charge in [-0.1, -0.05) is 0 Å². The third-order valence-electron chi connectivity index (χ3n) is 2.85. The quantitative estimate of drug-likeness (QED) is 0.541. The summed E-state index contributed by atoms with van der Waals surface area (Å²) < 4.78 is 9.85. The summed E-state index contributed by atoms with van der Waals surface area (Å²) in [6, 6.07) is 0. The van der Waals surface area contributed by atoms with Gasteiger partial charge in [-0.25, -0.2) is 9.59 Å². The van der Waals surface area contributed by atoms with Gasteiger partial charge in [0.1, 0.15) is 0 Å². The van der Waals surface area contributed by atoms with Crippen molar-refractivity contribution in [1.82, 2.24) is 16.0 Å². The molecule has 8 heteroatoms. The van der Waals surface area contributed by atoms with E-state index in [1.807, 2.05) is 0 Å². The number of carbonyl (C=O) groups excluding carboxylic acids is 3. The van der Waals surface area contributed by atoms with Gasteiger partial charge in [-0.05, 0) is 19.3 Å². The first kappa shape index (κ1) is 19.0. The van der Waals surface area contributed by atoms with Crippen LogP contribution in [-0.2, 0) is 14.3 Å². The van der Waals surface area contributed by atoms with Crippen molar-refractivity contribution in [3.8, 4) is 0 Å². The van der Waals surface area contributed by atoms with Crippen LogP contribution in [0.15, 0.2) is 0 Å². The predicted octanol–water partition coefficient (Wildman–Crippen LogP) is 0.621. The summed E-state index contributed by atoms with van der Waals surface area (Å²) >= 11 is 0. The smallest absolute Gasteiger partial charge is 0.406 e. The lowest BCUT2D eigenvalue weighted by Gasteiger charge is -2.16. The highest BCUT2D eigenvalue weighted by Crippen LogP contribution is 2.14. The van der Waals surface area contributed by atoms with E-state index in [0.717, 1.165) is 6.42 Å². The van der Waals surface area contributed by atoms with Crippen LogP contribution >= 0.6 is 0 Å². The molecule has 0 bridgehead atoms. The Morgan fingerprint density at radius 2 is 1.52 bits per heavy atom. The van der Waals surface area contributed by atoms with Gasteiger partial charge >= 0.3 is 12.2 Å². The summed E-state index contributed by atoms with van der Waals surface area (Å²) in [5, 5.41) is 7.26. The van der Waals surface area contributed by atoms with E-state index in [-0.39, 0.29) is 18.4 Å². The monoisotopic (exact) mass is 303 g/mol. The molecule has 0 aromatic rings. The number of hydrogen-bond acceptors (Lipinski definition) is 5. The minimum Gasteiger partial charge on any atom is -0.450 e. The maximum absolute atomic E-state index is 11.4. The van der Waals surface area contributed by atoms with E-state index in [0.29, 0.717) is 25.9 Å². The van der Waals surface area contributed by atoms with Crippen LogP contribution in [0.4, 0.5) is 9.59 Å². The van der Waals surface area contributed by atoms with Crippen LogP contribution < -0.4 is 16.0 Å². The Labute approximate surface area is 124 Å². The van der Waals surface area contributed by atoms with Crippen molar-refractivity contribution >= 4 is 18.1 Å². The first-order chi connectivity index (χ1) is 10.0. The standard InChI is InChI=1S/C13H25N3O5/c1-14-11(17)8-10(9-21-13(19)16-3)6-4-5-7-20-12(18)15-2/h10H,4-9H2,1-3H3,(H,14,17)(H,15,18)(H,16,19). The minimum absolute atomic E-state index is 0.0535. The number of nitrogens with one attached hydrogen (secondary N) is 3. The highest BCUT2D eigenvalue weighted by molar-refractivity contribution is 5.75. The van der Waals surface area contributed by atoms with Gasteiger partial charge in [0.05, 0.1) is 13.2 Å². The highest BCUT2D eigenvalue weighted by Gasteiger charge is 2.15. The fourth-order valence-corrected chi connectivity index (χ4v) is 1.65. The summed E-state index contributed by atoms with van der Waals surface area (Å²) in [5.74, 6) is -0.149. The molecule has 21 heavy (non-hydrogen) atoms. The molecule has 3 amide bonds. The molecule has 1 unspecified atom stereocenters. The summed E-state index contributed by atoms with van der Waals surface area (Å²) in [5.41, 5.74) is 0. The third-order valence-corrected chi connectivity index (χ3v) is 2.85. The lowest BCUT2D eigenvalue weighted by atomic mass is 9.99. The number of unbranched alkanes of at least 4 members (excludes halogenated alkanes) is 1. The van der Waals surface area contributed by atoms with Crippen LogP contribution in [0.5, 0.6) is 0 Å². The molecule has 0 aromatic heterocycles. The van der Waals surface area contributed by atoms with Crippen molar-refractivity contribution in [3.63, 3.8) is 0 Å². The number of carbonyl (C=O) groups is 3. The largest absolute Gasteiger partial charge is 0.450 e. The lowest BCUT2D eigenvalue weighted by Crippen LogP contribution is -2.27. The average molecular weight is 303 g/mol. The van der Waals surface area contributed by atoms with E-state index in [2.05, 4.69) is 16.0 Å². The molecule has 3 N–H and O–H groups in total. The molecule has 0 aliphatic rings. The molecule has 0 aromatic carbocycles. The fraction of sp³-hybridized carbons (Fsp3) is 0.769. The Kier molecular flexibility index (Phi) is 10.7. The number of rotatable bonds is 9. The normalized spacial score (nSPS) is 11.2. The maximum Gasteiger partial charge on any atom is 0.406 e. The number of amides is 3. The van der Waals surface area contributed by atoms with Gasteiger partial charge in [0.15, 0.2) is 0 Å². The second-order valence-corrected chi connectivity index (χ2v) is 4.47. The van der Waals surface area contributed by atoms with Crippen molar-refractivity contribution in [2.75, 3.05) is 34.4 Å². The van der Waals surface area contributed by atoms with Gasteiger partial charge < -0.3 is 25.4 Å². The molecule has 122 valence electrons. The Balaban J connectivity index is 4.00. The van der Waals surface area contributed by atoms with Gasteiger partial charge in [-0.2, -0.15) is 0 Å². The van der Waals surface area contributed by atoms with E-state index in [1.54, 1.807) is 7.05 Å². The first-order valence-corrected chi connectivity index (χ1v) is 6.93. The van der Waals surface area contributed by atoms with Gasteiger partial charge in [-0.15, -0.1) is 0 Å². The number of hydrogen-bond donors (Lipinski definition) is 3. The van der Waals surface area contributed by atoms with Crippen LogP contribution in [0, 0.1) is 5.92 Å². The van der Waals surface area contributed by atoms with E-state index in [4.69, 9.17) is 9.47 Å². The Hall–Kier alpha value is -1.99. The summed E-state index contributed by atoms with van der Waals surface area (Å²) in [4.78, 5) is 33.3. The topological polar surface area (TPSA) is 106 Å². The second kappa shape index (κ2) is 11.8. The molecule has 0 saturated carbocycles. The van der Waals surface area contributed by atoms with Gasteiger partial charge in [0.2, 0.25) is 5.91 Å². The zero-order valence-electron chi connectivity index (χ0n) is 12.9. The van der Waals surface area contributed by atoms with Gasteiger partial charge in [-0.3, -0.25) is 4.79 Å². The summed E-state index contributed by atoms with van der Waals surface area (Å²) in [7, 11) is 4.54. The Bertz CT molecular complexity index is 336. The molecule has 0 aliphatic carbocycles. The van der Waals surface area contributed by atoms with Gasteiger partial charge in [0, 0.05) is 33.5 Å². The molecule has 0 saturated heterocycles. The van der Waals surface area contributed by atoms with Crippen LogP contribution in [0.1, 0.15) is 25.7 Å². The van der Waals surface area contributed by atoms with Crippen LogP contribution in [0.2, 0.25) is 0 Å². The van der Waals surface area contributed by atoms with Crippen molar-refractivity contribution in [2.24, 2.45) is 5.92 Å². The molecule has 0 rings (SSSR count). The van der Waals surface area contributed by atoms with Crippen molar-refractivity contribution in [1.29, 1.82) is 0 Å². The van der Waals surface area contributed by atoms with Crippen LogP contribution in [-0.4, -0.2) is 52.5 Å². The molecule has 8 nitrogen and oxygen atoms in total. The SMILES string of the molecule is CNC(=O)CC(CCCCOC(=O)NC)COC(=O)NC. The molecule has 0 aliphatic heterocycles. The number of ether oxygens (including phenoxy) is 2. The number of alkyl carbamates (subject to hydrolysis) is 2. The minimum atomic E-state index is -0.514. The third kappa shape index (κ3) is 10.5. The fourth-order valence-electron chi connectivity index (χ4n) is 1.65. The Morgan fingerprint density at radius 1 is 0.905 bits per heavy atom. The highest BCUT2D eigenvalue weighted by atomic mass is 16.6. The van der Waals surface area contributed by atoms with Crippen molar-refractivity contribution < 1.29 is 23.9 Å². The molecule has 0 fully saturated rings. The molecular weight excluding hydrogens is 278 g/mol. The van der Waals surface area contributed by atoms with Gasteiger partial charge in [0.25, 0.3) is 0 Å². The van der Waals surface area contributed by atoms with Crippen molar-refractivity contribution in [3.05, 3.63) is 0 Å². The van der Waals surface area contributed by atoms with Crippen LogP contribution in [0.3, 0.4) is 0 Å². The van der Waals surface area contributed by atoms with Crippen molar-refractivity contribution in [2.45, 2.75) is 25.7 Å². The van der Waals surface area contributed by atoms with E-state index in [9.17, 15) is 14.4 Å². The van der Waals surface area contributed by atoms with Crippen LogP contribution in [0.25, 0.3) is 0 Å². The first-order valence-electron chi connectivity index (χ1n) is 6.93. The predicted molar refractivity (Wildman–Crippen MR) is 76.8 cm³/mol. The lowest BCUT2D eigenvalue weighted by molar-refractivity contribution is -0.121. The zero-order valence-corrected chi connectivity index (χ0v) is 12.9. The summed E-state index contributed by atoms with van der Waals surface area (Å²) in [6.07, 6.45) is 1.50.